The van der Waals surface area contributed by atoms with Crippen LogP contribution in [0.15, 0.2) is 23.4 Å². The fourth-order valence-electron chi connectivity index (χ4n) is 3.49. The molecule has 8 heteroatoms. The molecule has 0 bridgehead atoms. The Bertz CT molecular complexity index is 963. The number of sulfonamides is 1. The van der Waals surface area contributed by atoms with E-state index in [9.17, 15) is 8.42 Å². The molecule has 0 radical (unpaired) electrons. The second kappa shape index (κ2) is 7.67. The molecule has 1 aromatic heterocycles. The van der Waals surface area contributed by atoms with Crippen LogP contribution in [0.3, 0.4) is 0 Å². The van der Waals surface area contributed by atoms with E-state index in [1.165, 1.54) is 4.31 Å². The van der Waals surface area contributed by atoms with E-state index in [2.05, 4.69) is 9.97 Å². The van der Waals surface area contributed by atoms with E-state index in [0.29, 0.717) is 36.1 Å². The summed E-state index contributed by atoms with van der Waals surface area (Å²) in [4.78, 5) is 10.8. The first kappa shape index (κ1) is 20.5. The highest BCUT2D eigenvalue weighted by Gasteiger charge is 2.36. The van der Waals surface area contributed by atoms with Crippen molar-refractivity contribution in [2.45, 2.75) is 45.1 Å². The fourth-order valence-corrected chi connectivity index (χ4v) is 5.55. The predicted octanol–water partition coefficient (Wildman–Crippen LogP) is 2.62. The molecule has 0 aliphatic carbocycles. The molecule has 152 valence electrons. The van der Waals surface area contributed by atoms with Crippen LogP contribution < -0.4 is 9.64 Å². The van der Waals surface area contributed by atoms with Crippen LogP contribution in [0.4, 0.5) is 5.82 Å². The summed E-state index contributed by atoms with van der Waals surface area (Å²) in [5, 5.41) is 0. The average Bonchev–Trinajstić information content (AvgIpc) is 3.09. The van der Waals surface area contributed by atoms with Crippen LogP contribution in [0.25, 0.3) is 0 Å². The van der Waals surface area contributed by atoms with E-state index in [1.54, 1.807) is 12.4 Å². The summed E-state index contributed by atoms with van der Waals surface area (Å²) in [6, 6.07) is 2.04. The lowest BCUT2D eigenvalue weighted by Crippen LogP contribution is -2.32. The third kappa shape index (κ3) is 3.84. The zero-order chi connectivity index (χ0) is 20.6. The van der Waals surface area contributed by atoms with E-state index >= 15 is 0 Å². The van der Waals surface area contributed by atoms with Gasteiger partial charge in [0.1, 0.15) is 6.10 Å². The minimum Gasteiger partial charge on any atom is -0.472 e. The second-order valence-corrected chi connectivity index (χ2v) is 9.47. The molecule has 2 heterocycles. The molecular weight excluding hydrogens is 376 g/mol. The maximum absolute atomic E-state index is 13.4. The van der Waals surface area contributed by atoms with E-state index in [4.69, 9.17) is 4.74 Å². The number of aryl methyl sites for hydroxylation is 2. The van der Waals surface area contributed by atoms with E-state index in [0.717, 1.165) is 22.3 Å². The normalized spacial score (nSPS) is 17.7. The summed E-state index contributed by atoms with van der Waals surface area (Å²) in [7, 11) is 0.179. The Balaban J connectivity index is 1.81. The number of nitrogens with zero attached hydrogens (tertiary/aromatic N) is 4. The molecule has 0 amide bonds. The van der Waals surface area contributed by atoms with Crippen LogP contribution in [0.5, 0.6) is 5.88 Å². The minimum atomic E-state index is -3.58. The number of ether oxygens (including phenoxy) is 1. The molecule has 1 aromatic carbocycles. The van der Waals surface area contributed by atoms with Gasteiger partial charge in [0.2, 0.25) is 15.9 Å². The lowest BCUT2D eigenvalue weighted by atomic mass is 10.0. The highest BCUT2D eigenvalue weighted by atomic mass is 32.2. The van der Waals surface area contributed by atoms with Crippen molar-refractivity contribution in [1.29, 1.82) is 0 Å². The van der Waals surface area contributed by atoms with Crippen molar-refractivity contribution in [1.82, 2.24) is 14.3 Å². The Hall–Kier alpha value is -2.19. The van der Waals surface area contributed by atoms with Gasteiger partial charge in [-0.1, -0.05) is 6.07 Å². The van der Waals surface area contributed by atoms with Crippen LogP contribution in [0.2, 0.25) is 0 Å². The molecule has 3 rings (SSSR count). The highest BCUT2D eigenvalue weighted by molar-refractivity contribution is 7.89. The van der Waals surface area contributed by atoms with E-state index in [1.807, 2.05) is 52.8 Å². The summed E-state index contributed by atoms with van der Waals surface area (Å²) >= 11 is 0. The number of anilines is 1. The van der Waals surface area contributed by atoms with E-state index in [-0.39, 0.29) is 6.10 Å². The second-order valence-electron chi connectivity index (χ2n) is 7.59. The van der Waals surface area contributed by atoms with Gasteiger partial charge in [0, 0.05) is 20.6 Å². The number of benzene rings is 1. The summed E-state index contributed by atoms with van der Waals surface area (Å²) in [5.74, 6) is 1.11. The SMILES string of the molecule is Cc1cc(C)c(C)c(S(=O)(=O)N2CCC(Oc3cncc(N(C)C)n3)C2)c1C. The Morgan fingerprint density at radius 3 is 2.36 bits per heavy atom. The molecule has 1 atom stereocenters. The Labute approximate surface area is 167 Å². The molecule has 1 unspecified atom stereocenters. The van der Waals surface area contributed by atoms with Crippen molar-refractivity contribution in [2.75, 3.05) is 32.1 Å². The third-order valence-corrected chi connectivity index (χ3v) is 7.49. The third-order valence-electron chi connectivity index (χ3n) is 5.35. The minimum absolute atomic E-state index is 0.243. The summed E-state index contributed by atoms with van der Waals surface area (Å²) < 4.78 is 34.2. The first-order chi connectivity index (χ1) is 13.1. The van der Waals surface area contributed by atoms with Gasteiger partial charge < -0.3 is 9.64 Å². The van der Waals surface area contributed by atoms with Crippen LogP contribution in [-0.4, -0.2) is 56.0 Å². The zero-order valence-electron chi connectivity index (χ0n) is 17.4. The summed E-state index contributed by atoms with van der Waals surface area (Å²) in [5.41, 5.74) is 3.61. The molecule has 1 fully saturated rings. The number of rotatable bonds is 5. The summed E-state index contributed by atoms with van der Waals surface area (Å²) in [6.07, 6.45) is 3.59. The smallest absolute Gasteiger partial charge is 0.243 e. The average molecular weight is 405 g/mol. The van der Waals surface area contributed by atoms with Gasteiger partial charge >= 0.3 is 0 Å². The molecule has 2 aromatic rings. The maximum atomic E-state index is 13.4. The largest absolute Gasteiger partial charge is 0.472 e. The van der Waals surface area contributed by atoms with Gasteiger partial charge in [-0.15, -0.1) is 0 Å². The van der Waals surface area contributed by atoms with Gasteiger partial charge in [0.15, 0.2) is 5.82 Å². The van der Waals surface area contributed by atoms with Crippen LogP contribution in [-0.2, 0) is 10.0 Å². The van der Waals surface area contributed by atoms with Crippen molar-refractivity contribution < 1.29 is 13.2 Å². The Kier molecular flexibility index (Phi) is 5.63. The van der Waals surface area contributed by atoms with Crippen LogP contribution >= 0.6 is 0 Å². The maximum Gasteiger partial charge on any atom is 0.243 e. The van der Waals surface area contributed by atoms with Gasteiger partial charge in [-0.05, 0) is 56.4 Å². The molecule has 1 aliphatic rings. The standard InChI is InChI=1S/C20H28N4O3S/c1-13-9-14(2)16(4)20(15(13)3)28(25,26)24-8-7-17(12-24)27-19-11-21-10-18(22-19)23(5)6/h9-11,17H,7-8,12H2,1-6H3. The van der Waals surface area contributed by atoms with Gasteiger partial charge in [0.25, 0.3) is 0 Å². The first-order valence-corrected chi connectivity index (χ1v) is 10.8. The number of hydrogen-bond acceptors (Lipinski definition) is 6. The van der Waals surface area contributed by atoms with Crippen molar-refractivity contribution in [3.8, 4) is 5.88 Å². The Morgan fingerprint density at radius 2 is 1.75 bits per heavy atom. The monoisotopic (exact) mass is 404 g/mol. The first-order valence-electron chi connectivity index (χ1n) is 9.35. The molecule has 28 heavy (non-hydrogen) atoms. The van der Waals surface area contributed by atoms with Crippen LogP contribution in [0, 0.1) is 27.7 Å². The molecule has 7 nitrogen and oxygen atoms in total. The molecule has 0 N–H and O–H groups in total. The molecule has 1 saturated heterocycles. The lowest BCUT2D eigenvalue weighted by molar-refractivity contribution is 0.206. The highest BCUT2D eigenvalue weighted by Crippen LogP contribution is 2.31. The van der Waals surface area contributed by atoms with Gasteiger partial charge in [-0.3, -0.25) is 4.98 Å². The molecular formula is C20H28N4O3S. The summed E-state index contributed by atoms with van der Waals surface area (Å²) in [6.45, 7) is 8.39. The van der Waals surface area contributed by atoms with Gasteiger partial charge in [0.05, 0.1) is 23.8 Å². The van der Waals surface area contributed by atoms with Gasteiger partial charge in [-0.25, -0.2) is 8.42 Å². The number of aromatic nitrogens is 2. The zero-order valence-corrected chi connectivity index (χ0v) is 18.2. The Morgan fingerprint density at radius 1 is 1.11 bits per heavy atom. The van der Waals surface area contributed by atoms with Crippen molar-refractivity contribution in [3.63, 3.8) is 0 Å². The van der Waals surface area contributed by atoms with Crippen LogP contribution in [0.1, 0.15) is 28.7 Å². The van der Waals surface area contributed by atoms with Crippen molar-refractivity contribution >= 4 is 15.8 Å². The quantitative estimate of drug-likeness (QED) is 0.763. The van der Waals surface area contributed by atoms with E-state index < -0.39 is 10.0 Å². The predicted molar refractivity (Wildman–Crippen MR) is 110 cm³/mol. The van der Waals surface area contributed by atoms with Crippen molar-refractivity contribution in [3.05, 3.63) is 40.7 Å². The molecule has 1 aliphatic heterocycles. The fraction of sp³-hybridized carbons (Fsp3) is 0.500. The number of hydrogen-bond donors (Lipinski definition) is 0. The topological polar surface area (TPSA) is 75.6 Å². The van der Waals surface area contributed by atoms with Gasteiger partial charge in [-0.2, -0.15) is 9.29 Å². The lowest BCUT2D eigenvalue weighted by Gasteiger charge is -2.22. The molecule has 0 saturated carbocycles. The van der Waals surface area contributed by atoms with Crippen molar-refractivity contribution in [2.24, 2.45) is 0 Å². The molecule has 0 spiro atoms.